The Hall–Kier alpha value is -4.18. The average Bonchev–Trinajstić information content (AvgIpc) is 3.29. The molecule has 0 spiro atoms. The molecule has 0 aliphatic carbocycles. The number of nitrogens with zero attached hydrogens (tertiary/aromatic N) is 4. The van der Waals surface area contributed by atoms with Gasteiger partial charge in [0.25, 0.3) is 5.91 Å². The summed E-state index contributed by atoms with van der Waals surface area (Å²) in [5.74, 6) is 0.591. The predicted molar refractivity (Wildman–Crippen MR) is 130 cm³/mol. The molecule has 180 valence electrons. The van der Waals surface area contributed by atoms with Gasteiger partial charge in [-0.25, -0.2) is 14.4 Å². The van der Waals surface area contributed by atoms with E-state index >= 15 is 0 Å². The second-order valence-corrected chi connectivity index (χ2v) is 8.12. The van der Waals surface area contributed by atoms with E-state index in [1.54, 1.807) is 6.20 Å². The van der Waals surface area contributed by atoms with Crippen molar-refractivity contribution in [2.24, 2.45) is 0 Å². The predicted octanol–water partition coefficient (Wildman–Crippen LogP) is 2.89. The molecule has 9 nitrogen and oxygen atoms in total. The lowest BCUT2D eigenvalue weighted by Crippen LogP contribution is -2.37. The minimum absolute atomic E-state index is 0.146. The van der Waals surface area contributed by atoms with Crippen LogP contribution in [-0.4, -0.2) is 53.7 Å². The van der Waals surface area contributed by atoms with Gasteiger partial charge in [-0.2, -0.15) is 0 Å². The highest BCUT2D eigenvalue weighted by molar-refractivity contribution is 5.97. The van der Waals surface area contributed by atoms with Gasteiger partial charge >= 0.3 is 0 Å². The number of imidazole rings is 1. The van der Waals surface area contributed by atoms with Crippen molar-refractivity contribution in [1.82, 2.24) is 19.7 Å². The number of fused-ring (bicyclic) bond motifs is 1. The highest BCUT2D eigenvalue weighted by atomic mass is 19.1. The van der Waals surface area contributed by atoms with Crippen molar-refractivity contribution in [3.63, 3.8) is 0 Å². The molecule has 4 aromatic rings. The number of anilines is 2. The molecular weight excluding hydrogens is 451 g/mol. The van der Waals surface area contributed by atoms with Crippen LogP contribution < -0.4 is 20.7 Å². The Morgan fingerprint density at radius 2 is 1.97 bits per heavy atom. The van der Waals surface area contributed by atoms with Crippen molar-refractivity contribution in [2.75, 3.05) is 44.0 Å². The Labute approximate surface area is 201 Å². The molecule has 1 fully saturated rings. The van der Waals surface area contributed by atoms with Gasteiger partial charge in [0, 0.05) is 37.6 Å². The van der Waals surface area contributed by atoms with E-state index in [0.717, 1.165) is 47.4 Å². The summed E-state index contributed by atoms with van der Waals surface area (Å²) >= 11 is 0. The number of aromatic nitrogens is 3. The summed E-state index contributed by atoms with van der Waals surface area (Å²) < 4.78 is 26.2. The topological polar surface area (TPSA) is 107 Å². The fraction of sp³-hybridized carbons (Fsp3) is 0.240. The Bertz CT molecular complexity index is 1370. The second kappa shape index (κ2) is 9.59. The molecule has 1 aliphatic heterocycles. The lowest BCUT2D eigenvalue weighted by Gasteiger charge is -2.27. The zero-order valence-corrected chi connectivity index (χ0v) is 19.2. The number of nitrogen functional groups attached to an aromatic ring is 1. The lowest BCUT2D eigenvalue weighted by atomic mass is 10.1. The molecule has 10 heteroatoms. The minimum atomic E-state index is -0.502. The largest absolute Gasteiger partial charge is 0.496 e. The molecule has 1 amide bonds. The van der Waals surface area contributed by atoms with E-state index in [1.165, 1.54) is 19.2 Å². The zero-order chi connectivity index (χ0) is 24.4. The van der Waals surface area contributed by atoms with Gasteiger partial charge in [0.1, 0.15) is 28.6 Å². The maximum Gasteiger partial charge on any atom is 0.255 e. The van der Waals surface area contributed by atoms with Gasteiger partial charge in [-0.15, -0.1) is 0 Å². The number of hydrogen-bond donors (Lipinski definition) is 2. The van der Waals surface area contributed by atoms with Crippen LogP contribution in [0.25, 0.3) is 16.8 Å². The third-order valence-corrected chi connectivity index (χ3v) is 5.94. The van der Waals surface area contributed by atoms with Gasteiger partial charge in [0.15, 0.2) is 0 Å². The molecule has 0 bridgehead atoms. The normalized spacial score (nSPS) is 13.7. The summed E-state index contributed by atoms with van der Waals surface area (Å²) in [6.07, 6.45) is 3.52. The van der Waals surface area contributed by atoms with Crippen molar-refractivity contribution in [3.8, 4) is 17.0 Å². The standard InChI is InChI=1S/C25H25FN6O3/c1-34-20-7-6-18(26)14-19(20)24(33)29-15-16-2-4-17(5-3-16)21-22-23(27)28-8-9-32(22)25(30-21)31-10-12-35-13-11-31/h2-9,14H,10-13,15H2,1H3,(H2,27,28)(H,29,33). The molecule has 2 aromatic carbocycles. The van der Waals surface area contributed by atoms with Gasteiger partial charge < -0.3 is 25.4 Å². The van der Waals surface area contributed by atoms with E-state index in [0.29, 0.717) is 24.8 Å². The van der Waals surface area contributed by atoms with Crippen molar-refractivity contribution in [3.05, 3.63) is 71.8 Å². The van der Waals surface area contributed by atoms with Gasteiger partial charge in [0.05, 0.1) is 25.9 Å². The van der Waals surface area contributed by atoms with Gasteiger partial charge in [-0.1, -0.05) is 24.3 Å². The number of methoxy groups -OCH3 is 1. The monoisotopic (exact) mass is 476 g/mol. The van der Waals surface area contributed by atoms with E-state index in [9.17, 15) is 9.18 Å². The number of nitrogens with two attached hydrogens (primary N) is 1. The van der Waals surface area contributed by atoms with Crippen LogP contribution in [0.2, 0.25) is 0 Å². The van der Waals surface area contributed by atoms with Crippen LogP contribution in [0.15, 0.2) is 54.9 Å². The summed E-state index contributed by atoms with van der Waals surface area (Å²) in [5, 5.41) is 2.81. The van der Waals surface area contributed by atoms with E-state index in [1.807, 2.05) is 34.9 Å². The number of carbonyl (C=O) groups is 1. The number of halogens is 1. The summed E-state index contributed by atoms with van der Waals surface area (Å²) in [6.45, 7) is 3.05. The van der Waals surface area contributed by atoms with E-state index in [2.05, 4.69) is 15.2 Å². The van der Waals surface area contributed by atoms with E-state index in [4.69, 9.17) is 20.2 Å². The second-order valence-electron chi connectivity index (χ2n) is 8.12. The fourth-order valence-electron chi connectivity index (χ4n) is 4.15. The van der Waals surface area contributed by atoms with Crippen molar-refractivity contribution >= 4 is 23.2 Å². The zero-order valence-electron chi connectivity index (χ0n) is 19.2. The third-order valence-electron chi connectivity index (χ3n) is 5.94. The number of amides is 1. The molecule has 2 aromatic heterocycles. The van der Waals surface area contributed by atoms with Gasteiger partial charge in [0.2, 0.25) is 5.95 Å². The van der Waals surface area contributed by atoms with Crippen LogP contribution in [0.3, 0.4) is 0 Å². The highest BCUT2D eigenvalue weighted by Gasteiger charge is 2.22. The molecule has 0 radical (unpaired) electrons. The molecule has 3 heterocycles. The third kappa shape index (κ3) is 4.47. The number of carbonyl (C=O) groups excluding carboxylic acids is 1. The lowest BCUT2D eigenvalue weighted by molar-refractivity contribution is 0.0947. The van der Waals surface area contributed by atoms with Crippen LogP contribution in [0.4, 0.5) is 16.2 Å². The highest BCUT2D eigenvalue weighted by Crippen LogP contribution is 2.31. The van der Waals surface area contributed by atoms with E-state index in [-0.39, 0.29) is 12.1 Å². The van der Waals surface area contributed by atoms with Crippen LogP contribution in [-0.2, 0) is 11.3 Å². The van der Waals surface area contributed by atoms with Crippen LogP contribution in [0.1, 0.15) is 15.9 Å². The first-order valence-corrected chi connectivity index (χ1v) is 11.2. The smallest absolute Gasteiger partial charge is 0.255 e. The number of benzene rings is 2. The number of ether oxygens (including phenoxy) is 2. The summed E-state index contributed by atoms with van der Waals surface area (Å²) in [6, 6.07) is 11.5. The van der Waals surface area contributed by atoms with Crippen LogP contribution >= 0.6 is 0 Å². The van der Waals surface area contributed by atoms with Crippen molar-refractivity contribution < 1.29 is 18.7 Å². The molecule has 0 saturated carbocycles. The van der Waals surface area contributed by atoms with Gasteiger partial charge in [-0.05, 0) is 23.8 Å². The Balaban J connectivity index is 1.38. The first-order valence-electron chi connectivity index (χ1n) is 11.2. The SMILES string of the molecule is COc1ccc(F)cc1C(=O)NCc1ccc(-c2nc(N3CCOCC3)n3ccnc(N)c23)cc1. The maximum atomic E-state index is 13.6. The Morgan fingerprint density at radius 1 is 1.20 bits per heavy atom. The number of morpholine rings is 1. The molecule has 1 saturated heterocycles. The van der Waals surface area contributed by atoms with Crippen LogP contribution in [0.5, 0.6) is 5.75 Å². The van der Waals surface area contributed by atoms with E-state index < -0.39 is 11.7 Å². The quantitative estimate of drug-likeness (QED) is 0.441. The number of rotatable bonds is 6. The maximum absolute atomic E-state index is 13.6. The first-order chi connectivity index (χ1) is 17.0. The minimum Gasteiger partial charge on any atom is -0.496 e. The van der Waals surface area contributed by atoms with Crippen molar-refractivity contribution in [2.45, 2.75) is 6.54 Å². The summed E-state index contributed by atoms with van der Waals surface area (Å²) in [7, 11) is 1.44. The summed E-state index contributed by atoms with van der Waals surface area (Å²) in [4.78, 5) is 23.9. The molecule has 5 rings (SSSR count). The first kappa shape index (κ1) is 22.6. The Kier molecular flexibility index (Phi) is 6.19. The Morgan fingerprint density at radius 3 is 2.71 bits per heavy atom. The number of hydrogen-bond acceptors (Lipinski definition) is 7. The molecule has 3 N–H and O–H groups in total. The van der Waals surface area contributed by atoms with Gasteiger partial charge in [-0.3, -0.25) is 9.20 Å². The number of nitrogens with one attached hydrogen (secondary N) is 1. The molecule has 0 unspecified atom stereocenters. The summed E-state index contributed by atoms with van der Waals surface area (Å²) in [5.41, 5.74) is 9.61. The average molecular weight is 477 g/mol. The molecular formula is C25H25FN6O3. The van der Waals surface area contributed by atoms with Crippen molar-refractivity contribution in [1.29, 1.82) is 0 Å². The molecule has 35 heavy (non-hydrogen) atoms. The van der Waals surface area contributed by atoms with Crippen LogP contribution in [0, 0.1) is 5.82 Å². The fourth-order valence-corrected chi connectivity index (χ4v) is 4.15. The molecule has 1 aliphatic rings. The molecule has 0 atom stereocenters.